The van der Waals surface area contributed by atoms with Crippen LogP contribution in [0.15, 0.2) is 69.6 Å². The van der Waals surface area contributed by atoms with Gasteiger partial charge in [0.1, 0.15) is 5.76 Å². The van der Waals surface area contributed by atoms with Crippen molar-refractivity contribution in [3.63, 3.8) is 0 Å². The minimum Gasteiger partial charge on any atom is -0.467 e. The lowest BCUT2D eigenvalue weighted by molar-refractivity contribution is 0.0948. The van der Waals surface area contributed by atoms with Crippen molar-refractivity contribution < 1.29 is 9.21 Å². The summed E-state index contributed by atoms with van der Waals surface area (Å²) in [5, 5.41) is 8.33. The zero-order chi connectivity index (χ0) is 20.5. The number of hydrogen-bond donors (Lipinski definition) is 2. The first-order valence-electron chi connectivity index (χ1n) is 9.49. The van der Waals surface area contributed by atoms with Gasteiger partial charge in [0.25, 0.3) is 5.91 Å². The molecule has 0 saturated heterocycles. The third-order valence-corrected chi connectivity index (χ3v) is 5.43. The molecule has 0 spiro atoms. The van der Waals surface area contributed by atoms with E-state index < -0.39 is 0 Å². The van der Waals surface area contributed by atoms with E-state index in [0.29, 0.717) is 18.7 Å². The van der Waals surface area contributed by atoms with Crippen LogP contribution < -0.4 is 10.6 Å². The first-order valence-corrected chi connectivity index (χ1v) is 10.4. The Morgan fingerprint density at radius 3 is 2.70 bits per heavy atom. The van der Waals surface area contributed by atoms with Crippen LogP contribution in [0.4, 0.5) is 0 Å². The third kappa shape index (κ3) is 7.17. The van der Waals surface area contributed by atoms with E-state index in [1.807, 2.05) is 37.4 Å². The SMILES string of the molecule is CN=C(NCc1cccc(C(=O)NCc2ccco2)c1)N(C)CCc1cccs1.I. The van der Waals surface area contributed by atoms with E-state index in [1.165, 1.54) is 4.88 Å². The van der Waals surface area contributed by atoms with Crippen molar-refractivity contribution in [2.75, 3.05) is 20.6 Å². The van der Waals surface area contributed by atoms with Gasteiger partial charge in [-0.3, -0.25) is 9.79 Å². The van der Waals surface area contributed by atoms with Crippen LogP contribution in [0.5, 0.6) is 0 Å². The van der Waals surface area contributed by atoms with Crippen LogP contribution in [-0.4, -0.2) is 37.4 Å². The van der Waals surface area contributed by atoms with Gasteiger partial charge in [0.2, 0.25) is 0 Å². The number of carbonyl (C=O) groups is 1. The highest BCUT2D eigenvalue weighted by Crippen LogP contribution is 2.10. The molecule has 3 rings (SSSR count). The number of nitrogens with zero attached hydrogens (tertiary/aromatic N) is 2. The molecule has 6 nitrogen and oxygen atoms in total. The smallest absolute Gasteiger partial charge is 0.251 e. The highest BCUT2D eigenvalue weighted by atomic mass is 127. The Labute approximate surface area is 198 Å². The molecule has 1 amide bonds. The Balaban J connectivity index is 0.00000320. The fourth-order valence-electron chi connectivity index (χ4n) is 2.91. The zero-order valence-electron chi connectivity index (χ0n) is 17.1. The number of halogens is 1. The Morgan fingerprint density at radius 1 is 1.13 bits per heavy atom. The van der Waals surface area contributed by atoms with E-state index in [4.69, 9.17) is 4.42 Å². The molecule has 30 heavy (non-hydrogen) atoms. The van der Waals surface area contributed by atoms with Crippen molar-refractivity contribution in [2.45, 2.75) is 19.5 Å². The van der Waals surface area contributed by atoms with Crippen LogP contribution in [0.2, 0.25) is 0 Å². The molecule has 1 aromatic carbocycles. The highest BCUT2D eigenvalue weighted by Gasteiger charge is 2.09. The van der Waals surface area contributed by atoms with Crippen molar-refractivity contribution in [1.29, 1.82) is 0 Å². The normalized spacial score (nSPS) is 10.9. The van der Waals surface area contributed by atoms with Crippen LogP contribution >= 0.6 is 35.3 Å². The standard InChI is InChI=1S/C22H26N4O2S.HI/c1-23-22(26(2)11-10-20-9-5-13-29-20)25-15-17-6-3-7-18(14-17)21(27)24-16-19-8-4-12-28-19;/h3-9,12-14H,10-11,15-16H2,1-2H3,(H,23,25)(H,24,27);1H. The van der Waals surface area contributed by atoms with E-state index in [2.05, 4.69) is 38.0 Å². The summed E-state index contributed by atoms with van der Waals surface area (Å²) >= 11 is 1.77. The summed E-state index contributed by atoms with van der Waals surface area (Å²) < 4.78 is 5.24. The molecule has 8 heteroatoms. The molecule has 0 aliphatic rings. The quantitative estimate of drug-likeness (QED) is 0.257. The summed E-state index contributed by atoms with van der Waals surface area (Å²) in [6.07, 6.45) is 2.58. The lowest BCUT2D eigenvalue weighted by atomic mass is 10.1. The molecule has 160 valence electrons. The number of aliphatic imine (C=N–C) groups is 1. The number of amides is 1. The van der Waals surface area contributed by atoms with Crippen molar-refractivity contribution in [3.8, 4) is 0 Å². The van der Waals surface area contributed by atoms with Crippen LogP contribution in [0.1, 0.15) is 26.6 Å². The van der Waals surface area contributed by atoms with Crippen molar-refractivity contribution in [3.05, 3.63) is 81.9 Å². The first kappa shape index (κ1) is 23.9. The van der Waals surface area contributed by atoms with Crippen LogP contribution in [0.25, 0.3) is 0 Å². The molecule has 0 unspecified atom stereocenters. The van der Waals surface area contributed by atoms with Gasteiger partial charge in [-0.2, -0.15) is 0 Å². The number of thiophene rings is 1. The molecule has 2 N–H and O–H groups in total. The van der Waals surface area contributed by atoms with Crippen LogP contribution in [0.3, 0.4) is 0 Å². The molecular weight excluding hydrogens is 511 g/mol. The van der Waals surface area contributed by atoms with Crippen molar-refractivity contribution in [2.24, 2.45) is 4.99 Å². The molecule has 3 aromatic rings. The van der Waals surface area contributed by atoms with Crippen LogP contribution in [-0.2, 0) is 19.5 Å². The summed E-state index contributed by atoms with van der Waals surface area (Å²) in [5.41, 5.74) is 1.64. The molecule has 2 aromatic heterocycles. The van der Waals surface area contributed by atoms with Gasteiger partial charge < -0.3 is 20.0 Å². The van der Waals surface area contributed by atoms with Gasteiger partial charge in [-0.15, -0.1) is 35.3 Å². The summed E-state index contributed by atoms with van der Waals surface area (Å²) in [7, 11) is 3.81. The van der Waals surface area contributed by atoms with Crippen molar-refractivity contribution in [1.82, 2.24) is 15.5 Å². The van der Waals surface area contributed by atoms with Gasteiger partial charge in [0.15, 0.2) is 5.96 Å². The molecule has 0 saturated carbocycles. The summed E-state index contributed by atoms with van der Waals surface area (Å²) in [4.78, 5) is 20.2. The largest absolute Gasteiger partial charge is 0.467 e. The monoisotopic (exact) mass is 538 g/mol. The number of guanidine groups is 1. The minimum absolute atomic E-state index is 0. The van der Waals surface area contributed by atoms with E-state index in [0.717, 1.165) is 30.2 Å². The predicted molar refractivity (Wildman–Crippen MR) is 133 cm³/mol. The second kappa shape index (κ2) is 12.4. The second-order valence-corrected chi connectivity index (χ2v) is 7.65. The summed E-state index contributed by atoms with van der Waals surface area (Å²) in [6, 6.07) is 15.4. The molecule has 0 radical (unpaired) electrons. The van der Waals surface area contributed by atoms with E-state index in [-0.39, 0.29) is 29.9 Å². The Bertz CT molecular complexity index is 927. The maximum absolute atomic E-state index is 12.4. The maximum atomic E-state index is 12.4. The lowest BCUT2D eigenvalue weighted by Gasteiger charge is -2.22. The highest BCUT2D eigenvalue weighted by molar-refractivity contribution is 14.0. The summed E-state index contributed by atoms with van der Waals surface area (Å²) in [6.45, 7) is 1.85. The van der Waals surface area contributed by atoms with Gasteiger partial charge >= 0.3 is 0 Å². The molecular formula is C22H27IN4O2S. The average molecular weight is 538 g/mol. The Kier molecular flexibility index (Phi) is 9.88. The number of hydrogen-bond acceptors (Lipinski definition) is 4. The topological polar surface area (TPSA) is 69.9 Å². The molecule has 0 aliphatic heterocycles. The molecule has 0 fully saturated rings. The van der Waals surface area contributed by atoms with Crippen LogP contribution in [0, 0.1) is 0 Å². The minimum atomic E-state index is -0.124. The number of furan rings is 1. The van der Waals surface area contributed by atoms with E-state index in [9.17, 15) is 4.79 Å². The zero-order valence-corrected chi connectivity index (χ0v) is 20.3. The van der Waals surface area contributed by atoms with Gasteiger partial charge in [-0.05, 0) is 47.7 Å². The van der Waals surface area contributed by atoms with E-state index >= 15 is 0 Å². The first-order chi connectivity index (χ1) is 14.2. The Hall–Kier alpha value is -2.33. The molecule has 0 bridgehead atoms. The molecule has 0 atom stereocenters. The lowest BCUT2D eigenvalue weighted by Crippen LogP contribution is -2.39. The maximum Gasteiger partial charge on any atom is 0.251 e. The fraction of sp³-hybridized carbons (Fsp3) is 0.273. The van der Waals surface area contributed by atoms with Gasteiger partial charge in [0.05, 0.1) is 12.8 Å². The number of nitrogens with one attached hydrogen (secondary N) is 2. The molecule has 0 aliphatic carbocycles. The summed E-state index contributed by atoms with van der Waals surface area (Å²) in [5.74, 6) is 1.43. The number of likely N-dealkylation sites (N-methyl/N-ethyl adjacent to an activating group) is 1. The van der Waals surface area contributed by atoms with E-state index in [1.54, 1.807) is 30.7 Å². The van der Waals surface area contributed by atoms with Crippen molar-refractivity contribution >= 4 is 47.2 Å². The predicted octanol–water partition coefficient (Wildman–Crippen LogP) is 4.14. The fourth-order valence-corrected chi connectivity index (χ4v) is 3.61. The number of rotatable bonds is 8. The van der Waals surface area contributed by atoms with Gasteiger partial charge in [-0.1, -0.05) is 18.2 Å². The second-order valence-electron chi connectivity index (χ2n) is 6.61. The third-order valence-electron chi connectivity index (χ3n) is 4.49. The molecule has 2 heterocycles. The van der Waals surface area contributed by atoms with Gasteiger partial charge in [-0.25, -0.2) is 0 Å². The number of carbonyl (C=O) groups excluding carboxylic acids is 1. The van der Waals surface area contributed by atoms with Gasteiger partial charge in [0, 0.05) is 37.6 Å². The Morgan fingerprint density at radius 2 is 2.00 bits per heavy atom. The average Bonchev–Trinajstić information content (AvgIpc) is 3.45. The number of benzene rings is 1.